The number of carboxylic acid groups (broad SMARTS) is 1. The second-order valence-electron chi connectivity index (χ2n) is 8.27. The molecule has 3 aromatic carbocycles. The minimum absolute atomic E-state index is 0.0463. The van der Waals surface area contributed by atoms with E-state index in [-0.39, 0.29) is 28.2 Å². The summed E-state index contributed by atoms with van der Waals surface area (Å²) in [6.45, 7) is 0. The highest BCUT2D eigenvalue weighted by Gasteiger charge is 2.42. The first-order chi connectivity index (χ1) is 18.3. The van der Waals surface area contributed by atoms with Crippen LogP contribution in [0.3, 0.4) is 0 Å². The molecule has 0 bridgehead atoms. The van der Waals surface area contributed by atoms with E-state index in [0.717, 1.165) is 0 Å². The molecule has 3 aromatic rings. The number of allylic oxidation sites excluding steroid dienone is 1. The van der Waals surface area contributed by atoms with Crippen molar-refractivity contribution in [3.63, 3.8) is 0 Å². The summed E-state index contributed by atoms with van der Waals surface area (Å²) in [5, 5.41) is 19.4. The van der Waals surface area contributed by atoms with Crippen LogP contribution in [0.15, 0.2) is 102 Å². The first kappa shape index (κ1) is 25.7. The van der Waals surface area contributed by atoms with E-state index in [9.17, 15) is 24.8 Å². The Morgan fingerprint density at radius 3 is 2.13 bits per heavy atom. The summed E-state index contributed by atoms with van der Waals surface area (Å²) in [6.07, 6.45) is 0. The van der Waals surface area contributed by atoms with Crippen molar-refractivity contribution in [3.8, 4) is 17.2 Å². The SMILES string of the molecule is COC(=O)C1=C(C(=O)OC)N(c2ccc(-c3cccc(C(=O)O)c3)cc2)C(N)=C(C#N)C1c1ccccc1. The Morgan fingerprint density at radius 2 is 1.55 bits per heavy atom. The number of methoxy groups -OCH3 is 2. The average Bonchev–Trinajstić information content (AvgIpc) is 2.96. The second-order valence-corrected chi connectivity index (χ2v) is 8.27. The van der Waals surface area contributed by atoms with Crippen LogP contribution in [0.25, 0.3) is 11.1 Å². The molecule has 1 unspecified atom stereocenters. The number of carbonyl (C=O) groups excluding carboxylic acids is 2. The highest BCUT2D eigenvalue weighted by atomic mass is 16.5. The molecule has 1 aliphatic rings. The minimum Gasteiger partial charge on any atom is -0.478 e. The van der Waals surface area contributed by atoms with E-state index < -0.39 is 23.8 Å². The van der Waals surface area contributed by atoms with E-state index >= 15 is 0 Å². The molecule has 3 N–H and O–H groups in total. The lowest BCUT2D eigenvalue weighted by molar-refractivity contribution is -0.139. The number of anilines is 1. The van der Waals surface area contributed by atoms with E-state index in [1.165, 1.54) is 25.2 Å². The van der Waals surface area contributed by atoms with Gasteiger partial charge in [0.2, 0.25) is 0 Å². The number of nitrogens with two attached hydrogens (primary N) is 1. The number of aromatic carboxylic acids is 1. The lowest BCUT2D eigenvalue weighted by Crippen LogP contribution is -2.40. The molecule has 38 heavy (non-hydrogen) atoms. The Hall–Kier alpha value is -5.36. The Bertz CT molecular complexity index is 1520. The fraction of sp³-hybridized carbons (Fsp3) is 0.103. The van der Waals surface area contributed by atoms with Crippen LogP contribution in [0.1, 0.15) is 21.8 Å². The Balaban J connectivity index is 1.92. The van der Waals surface area contributed by atoms with Crippen molar-refractivity contribution in [2.24, 2.45) is 5.73 Å². The molecule has 0 radical (unpaired) electrons. The summed E-state index contributed by atoms with van der Waals surface area (Å²) in [5.74, 6) is -3.71. The molecule has 0 saturated heterocycles. The van der Waals surface area contributed by atoms with Crippen LogP contribution >= 0.6 is 0 Å². The molecule has 9 nitrogen and oxygen atoms in total. The smallest absolute Gasteiger partial charge is 0.355 e. The van der Waals surface area contributed by atoms with Gasteiger partial charge in [0.25, 0.3) is 0 Å². The van der Waals surface area contributed by atoms with Gasteiger partial charge >= 0.3 is 17.9 Å². The first-order valence-corrected chi connectivity index (χ1v) is 11.4. The lowest BCUT2D eigenvalue weighted by Gasteiger charge is -2.36. The van der Waals surface area contributed by atoms with Crippen LogP contribution < -0.4 is 10.6 Å². The van der Waals surface area contributed by atoms with Crippen LogP contribution in [-0.4, -0.2) is 37.2 Å². The number of carbonyl (C=O) groups is 3. The Kier molecular flexibility index (Phi) is 7.26. The molecule has 0 spiro atoms. The van der Waals surface area contributed by atoms with E-state index in [0.29, 0.717) is 22.4 Å². The molecule has 0 saturated carbocycles. The Labute approximate surface area is 218 Å². The molecule has 190 valence electrons. The molecule has 9 heteroatoms. The van der Waals surface area contributed by atoms with E-state index in [1.54, 1.807) is 72.8 Å². The number of rotatable bonds is 6. The molecule has 4 rings (SSSR count). The monoisotopic (exact) mass is 509 g/mol. The van der Waals surface area contributed by atoms with Gasteiger partial charge in [-0.25, -0.2) is 14.4 Å². The average molecular weight is 510 g/mol. The topological polar surface area (TPSA) is 143 Å². The summed E-state index contributed by atoms with van der Waals surface area (Å²) in [4.78, 5) is 38.9. The summed E-state index contributed by atoms with van der Waals surface area (Å²) in [5.41, 5.74) is 8.76. The molecule has 0 aromatic heterocycles. The maximum atomic E-state index is 13.1. The quantitative estimate of drug-likeness (QED) is 0.472. The normalized spacial score (nSPS) is 15.1. The number of ether oxygens (including phenoxy) is 2. The van der Waals surface area contributed by atoms with Gasteiger partial charge in [0.15, 0.2) is 0 Å². The van der Waals surface area contributed by atoms with Gasteiger partial charge in [-0.2, -0.15) is 5.26 Å². The summed E-state index contributed by atoms with van der Waals surface area (Å²) < 4.78 is 10.1. The largest absolute Gasteiger partial charge is 0.478 e. The molecular formula is C29H23N3O6. The first-order valence-electron chi connectivity index (χ1n) is 11.4. The molecule has 1 heterocycles. The standard InChI is InChI=1S/C29H23N3O6/c1-37-28(35)24-23(18-7-4-3-5-8-18)22(16-30)26(31)32(25(24)29(36)38-2)21-13-11-17(12-14-21)19-9-6-10-20(15-19)27(33)34/h3-15,23H,31H2,1-2H3,(H,33,34). The van der Waals surface area contributed by atoms with Gasteiger partial charge in [0.05, 0.1) is 42.9 Å². The van der Waals surface area contributed by atoms with Gasteiger partial charge in [0.1, 0.15) is 11.5 Å². The number of nitriles is 1. The number of hydrogen-bond donors (Lipinski definition) is 2. The molecule has 1 atom stereocenters. The maximum Gasteiger partial charge on any atom is 0.355 e. The number of carboxylic acids is 1. The predicted molar refractivity (Wildman–Crippen MR) is 138 cm³/mol. The van der Waals surface area contributed by atoms with Crippen LogP contribution in [-0.2, 0) is 19.1 Å². The van der Waals surface area contributed by atoms with Crippen LogP contribution in [0, 0.1) is 11.3 Å². The molecule has 0 aliphatic carbocycles. The second kappa shape index (κ2) is 10.7. The van der Waals surface area contributed by atoms with Gasteiger partial charge in [-0.05, 0) is 41.0 Å². The van der Waals surface area contributed by atoms with Crippen molar-refractivity contribution >= 4 is 23.6 Å². The molecule has 0 amide bonds. The highest BCUT2D eigenvalue weighted by molar-refractivity contribution is 6.06. The fourth-order valence-electron chi connectivity index (χ4n) is 4.42. The Morgan fingerprint density at radius 1 is 0.895 bits per heavy atom. The molecule has 1 aliphatic heterocycles. The minimum atomic E-state index is -1.05. The fourth-order valence-corrected chi connectivity index (χ4v) is 4.42. The zero-order valence-corrected chi connectivity index (χ0v) is 20.5. The number of nitrogens with zero attached hydrogens (tertiary/aromatic N) is 2. The van der Waals surface area contributed by atoms with Crippen molar-refractivity contribution in [3.05, 3.63) is 113 Å². The number of esters is 2. The van der Waals surface area contributed by atoms with Gasteiger partial charge in [-0.15, -0.1) is 0 Å². The van der Waals surface area contributed by atoms with Crippen LogP contribution in [0.4, 0.5) is 5.69 Å². The van der Waals surface area contributed by atoms with Crippen molar-refractivity contribution in [1.29, 1.82) is 5.26 Å². The van der Waals surface area contributed by atoms with Crippen LogP contribution in [0.5, 0.6) is 0 Å². The lowest BCUT2D eigenvalue weighted by atomic mass is 9.81. The van der Waals surface area contributed by atoms with E-state index in [1.807, 2.05) is 0 Å². The summed E-state index contributed by atoms with van der Waals surface area (Å²) in [6, 6.07) is 24.0. The molecule has 0 fully saturated rings. The third-order valence-corrected chi connectivity index (χ3v) is 6.18. The van der Waals surface area contributed by atoms with Crippen LogP contribution in [0.2, 0.25) is 0 Å². The summed E-state index contributed by atoms with van der Waals surface area (Å²) in [7, 11) is 2.36. The van der Waals surface area contributed by atoms with Gasteiger partial charge in [-0.3, -0.25) is 4.90 Å². The predicted octanol–water partition coefficient (Wildman–Crippen LogP) is 3.95. The third-order valence-electron chi connectivity index (χ3n) is 6.18. The zero-order valence-electron chi connectivity index (χ0n) is 20.5. The van der Waals surface area contributed by atoms with Crippen molar-refractivity contribution in [2.75, 3.05) is 19.1 Å². The third kappa shape index (κ3) is 4.58. The van der Waals surface area contributed by atoms with Crippen molar-refractivity contribution in [2.45, 2.75) is 5.92 Å². The highest BCUT2D eigenvalue weighted by Crippen LogP contribution is 2.43. The van der Waals surface area contributed by atoms with E-state index in [2.05, 4.69) is 6.07 Å². The number of hydrogen-bond acceptors (Lipinski definition) is 8. The summed E-state index contributed by atoms with van der Waals surface area (Å²) >= 11 is 0. The number of benzene rings is 3. The van der Waals surface area contributed by atoms with Gasteiger partial charge in [-0.1, -0.05) is 54.6 Å². The van der Waals surface area contributed by atoms with Gasteiger partial charge in [0, 0.05) is 5.69 Å². The zero-order chi connectivity index (χ0) is 27.4. The maximum absolute atomic E-state index is 13.1. The molecular weight excluding hydrogens is 486 g/mol. The van der Waals surface area contributed by atoms with Gasteiger partial charge < -0.3 is 20.3 Å². The van der Waals surface area contributed by atoms with Crippen molar-refractivity contribution < 1.29 is 29.0 Å². The van der Waals surface area contributed by atoms with Crippen molar-refractivity contribution in [1.82, 2.24) is 0 Å². The van der Waals surface area contributed by atoms with E-state index in [4.69, 9.17) is 15.2 Å².